The summed E-state index contributed by atoms with van der Waals surface area (Å²) in [6, 6.07) is 4.72. The van der Waals surface area contributed by atoms with Gasteiger partial charge in [-0.05, 0) is 49.3 Å². The number of fused-ring (bicyclic) bond motifs is 1. The van der Waals surface area contributed by atoms with E-state index in [-0.39, 0.29) is 11.7 Å². The first-order valence-corrected chi connectivity index (χ1v) is 6.58. The average molecular weight is 283 g/mol. The number of hydrogen-bond donors (Lipinski definition) is 1. The molecule has 0 spiro atoms. The van der Waals surface area contributed by atoms with Crippen molar-refractivity contribution >= 4 is 23.8 Å². The van der Waals surface area contributed by atoms with E-state index in [2.05, 4.69) is 9.55 Å². The van der Waals surface area contributed by atoms with Crippen LogP contribution in [-0.2, 0) is 13.0 Å². The molecule has 0 bridgehead atoms. The molecule has 1 aromatic heterocycles. The second-order valence-electron chi connectivity index (χ2n) is 4.68. The normalized spacial score (nSPS) is 18.1. The first kappa shape index (κ1) is 11.9. The van der Waals surface area contributed by atoms with E-state index in [0.717, 1.165) is 18.7 Å². The van der Waals surface area contributed by atoms with E-state index in [1.54, 1.807) is 12.1 Å². The maximum atomic E-state index is 13.9. The smallest absolute Gasteiger partial charge is 0.177 e. The van der Waals surface area contributed by atoms with Gasteiger partial charge >= 0.3 is 0 Å². The van der Waals surface area contributed by atoms with E-state index >= 15 is 0 Å². The van der Waals surface area contributed by atoms with Gasteiger partial charge in [0.25, 0.3) is 0 Å². The fourth-order valence-electron chi connectivity index (χ4n) is 2.64. The molecule has 3 rings (SSSR count). The molecule has 1 N–H and O–H groups in total. The first-order chi connectivity index (χ1) is 8.56. The van der Waals surface area contributed by atoms with E-state index in [4.69, 9.17) is 23.8 Å². The highest BCUT2D eigenvalue weighted by Crippen LogP contribution is 2.33. The maximum Gasteiger partial charge on any atom is 0.177 e. The summed E-state index contributed by atoms with van der Waals surface area (Å²) in [5, 5.41) is 0.574. The maximum absolute atomic E-state index is 13.9. The summed E-state index contributed by atoms with van der Waals surface area (Å²) in [5.74, 6) is -0.0728. The lowest BCUT2D eigenvalue weighted by molar-refractivity contribution is 0.563. The molecule has 94 valence electrons. The van der Waals surface area contributed by atoms with Crippen molar-refractivity contribution in [3.05, 3.63) is 50.8 Å². The quantitative estimate of drug-likeness (QED) is 0.785. The van der Waals surface area contributed by atoms with Crippen LogP contribution in [0.15, 0.2) is 18.2 Å². The van der Waals surface area contributed by atoms with Crippen LogP contribution in [0.5, 0.6) is 0 Å². The minimum atomic E-state index is -0.192. The number of halogens is 2. The van der Waals surface area contributed by atoms with Gasteiger partial charge in [-0.2, -0.15) is 0 Å². The molecule has 0 fully saturated rings. The molecule has 0 aliphatic carbocycles. The Bertz CT molecular complexity index is 674. The third-order valence-corrected chi connectivity index (χ3v) is 4.10. The Labute approximate surface area is 114 Å². The third-order valence-electron chi connectivity index (χ3n) is 3.54. The Morgan fingerprint density at radius 1 is 1.50 bits per heavy atom. The minimum absolute atomic E-state index is 0.119. The second-order valence-corrected chi connectivity index (χ2v) is 5.50. The van der Waals surface area contributed by atoms with E-state index in [1.165, 1.54) is 11.8 Å². The summed E-state index contributed by atoms with van der Waals surface area (Å²) in [6.07, 6.45) is 0.802. The Balaban J connectivity index is 2.01. The predicted octanol–water partition coefficient (Wildman–Crippen LogP) is 3.99. The van der Waals surface area contributed by atoms with Gasteiger partial charge in [0.15, 0.2) is 4.77 Å². The number of nitrogens with one attached hydrogen (secondary N) is 1. The number of aromatic nitrogens is 2. The molecule has 2 nitrogen and oxygen atoms in total. The molecule has 1 aromatic carbocycles. The molecule has 1 aliphatic rings. The number of nitrogens with zero attached hydrogens (tertiary/aromatic N) is 1. The number of rotatable bonds is 1. The number of aromatic amines is 1. The lowest BCUT2D eigenvalue weighted by atomic mass is 9.96. The number of H-pyrrole nitrogens is 1. The van der Waals surface area contributed by atoms with Crippen molar-refractivity contribution in [1.82, 2.24) is 9.55 Å². The third kappa shape index (κ3) is 1.80. The van der Waals surface area contributed by atoms with Gasteiger partial charge in [-0.3, -0.25) is 0 Å². The van der Waals surface area contributed by atoms with Crippen LogP contribution < -0.4 is 0 Å². The van der Waals surface area contributed by atoms with Gasteiger partial charge < -0.3 is 9.55 Å². The summed E-state index contributed by atoms with van der Waals surface area (Å²) in [7, 11) is 0. The van der Waals surface area contributed by atoms with Gasteiger partial charge in [0, 0.05) is 28.9 Å². The fraction of sp³-hybridized carbons (Fsp3) is 0.308. The first-order valence-electron chi connectivity index (χ1n) is 5.79. The van der Waals surface area contributed by atoms with Gasteiger partial charge in [0.05, 0.1) is 0 Å². The summed E-state index contributed by atoms with van der Waals surface area (Å²) < 4.78 is 16.6. The van der Waals surface area contributed by atoms with Crippen LogP contribution >= 0.6 is 23.8 Å². The van der Waals surface area contributed by atoms with E-state index in [1.807, 2.05) is 6.92 Å². The molecule has 18 heavy (non-hydrogen) atoms. The number of benzene rings is 1. The van der Waals surface area contributed by atoms with Crippen molar-refractivity contribution in [3.8, 4) is 0 Å². The van der Waals surface area contributed by atoms with Crippen molar-refractivity contribution in [3.63, 3.8) is 0 Å². The molecule has 1 aliphatic heterocycles. The van der Waals surface area contributed by atoms with E-state index in [9.17, 15) is 4.39 Å². The second kappa shape index (κ2) is 4.21. The van der Waals surface area contributed by atoms with Crippen LogP contribution in [0, 0.1) is 17.5 Å². The molecule has 0 amide bonds. The summed E-state index contributed by atoms with van der Waals surface area (Å²) >= 11 is 11.2. The molecule has 0 radical (unpaired) electrons. The van der Waals surface area contributed by atoms with Crippen molar-refractivity contribution in [2.75, 3.05) is 0 Å². The van der Waals surface area contributed by atoms with Gasteiger partial charge in [-0.1, -0.05) is 11.6 Å². The fourth-order valence-corrected chi connectivity index (χ4v) is 3.15. The topological polar surface area (TPSA) is 20.7 Å². The van der Waals surface area contributed by atoms with Crippen LogP contribution in [0.1, 0.15) is 22.9 Å². The lowest BCUT2D eigenvalue weighted by Crippen LogP contribution is -2.04. The molecule has 5 heteroatoms. The van der Waals surface area contributed by atoms with Crippen LogP contribution in [0.25, 0.3) is 0 Å². The van der Waals surface area contributed by atoms with Crippen LogP contribution in [0.3, 0.4) is 0 Å². The van der Waals surface area contributed by atoms with E-state index < -0.39 is 0 Å². The highest BCUT2D eigenvalue weighted by Gasteiger charge is 2.27. The van der Waals surface area contributed by atoms with Gasteiger partial charge in [-0.15, -0.1) is 0 Å². The van der Waals surface area contributed by atoms with Crippen LogP contribution in [0.2, 0.25) is 5.02 Å². The number of imidazole rings is 1. The van der Waals surface area contributed by atoms with Gasteiger partial charge in [0.1, 0.15) is 5.82 Å². The highest BCUT2D eigenvalue weighted by atomic mass is 35.5. The molecule has 0 saturated heterocycles. The van der Waals surface area contributed by atoms with Crippen molar-refractivity contribution in [1.29, 1.82) is 0 Å². The SMILES string of the molecule is Cc1[nH]c(=S)n2c1CC(c1cc(Cl)ccc1F)C2. The Hall–Kier alpha value is -1.13. The zero-order valence-corrected chi connectivity index (χ0v) is 11.4. The van der Waals surface area contributed by atoms with E-state index in [0.29, 0.717) is 15.4 Å². The summed E-state index contributed by atoms with van der Waals surface area (Å²) in [5.41, 5.74) is 2.93. The summed E-state index contributed by atoms with van der Waals surface area (Å²) in [4.78, 5) is 3.13. The standard InChI is InChI=1S/C13H12ClFN2S/c1-7-12-4-8(6-17(12)13(18)16-7)10-5-9(14)2-3-11(10)15/h2-3,5,8H,4,6H2,1H3,(H,16,18). The molecular weight excluding hydrogens is 271 g/mol. The zero-order valence-electron chi connectivity index (χ0n) is 9.84. The Kier molecular flexibility index (Phi) is 2.79. The molecule has 0 saturated carbocycles. The van der Waals surface area contributed by atoms with Gasteiger partial charge in [-0.25, -0.2) is 4.39 Å². The van der Waals surface area contributed by atoms with Gasteiger partial charge in [0.2, 0.25) is 0 Å². The highest BCUT2D eigenvalue weighted by molar-refractivity contribution is 7.71. The Morgan fingerprint density at radius 3 is 3.00 bits per heavy atom. The molecular formula is C13H12ClFN2S. The van der Waals surface area contributed by atoms with Crippen LogP contribution in [0.4, 0.5) is 4.39 Å². The van der Waals surface area contributed by atoms with Crippen molar-refractivity contribution in [2.24, 2.45) is 0 Å². The van der Waals surface area contributed by atoms with Crippen molar-refractivity contribution in [2.45, 2.75) is 25.8 Å². The largest absolute Gasteiger partial charge is 0.335 e. The van der Waals surface area contributed by atoms with Crippen molar-refractivity contribution < 1.29 is 4.39 Å². The summed E-state index contributed by atoms with van der Waals surface area (Å²) in [6.45, 7) is 2.72. The predicted molar refractivity (Wildman–Crippen MR) is 72.2 cm³/mol. The molecule has 2 aromatic rings. The number of aryl methyl sites for hydroxylation is 1. The molecule has 1 atom stereocenters. The average Bonchev–Trinajstić information content (AvgIpc) is 2.86. The zero-order chi connectivity index (χ0) is 12.9. The Morgan fingerprint density at radius 2 is 2.28 bits per heavy atom. The number of hydrogen-bond acceptors (Lipinski definition) is 1. The van der Waals surface area contributed by atoms with Crippen LogP contribution in [-0.4, -0.2) is 9.55 Å². The monoisotopic (exact) mass is 282 g/mol. The lowest BCUT2D eigenvalue weighted by Gasteiger charge is -2.11. The minimum Gasteiger partial charge on any atom is -0.335 e. The molecule has 2 heterocycles. The molecule has 1 unspecified atom stereocenters.